The average molecular weight is 357 g/mol. The van der Waals surface area contributed by atoms with Gasteiger partial charge in [-0.3, -0.25) is 4.79 Å². The number of para-hydroxylation sites is 1. The lowest BCUT2D eigenvalue weighted by Gasteiger charge is -2.09. The van der Waals surface area contributed by atoms with Crippen molar-refractivity contribution >= 4 is 23.0 Å². The zero-order chi connectivity index (χ0) is 18.6. The molecule has 0 saturated heterocycles. The molecule has 0 radical (unpaired) electrons. The normalized spacial score (nSPS) is 14.1. The fourth-order valence-corrected chi connectivity index (χ4v) is 3.15. The Morgan fingerprint density at radius 3 is 2.63 bits per heavy atom. The van der Waals surface area contributed by atoms with Crippen molar-refractivity contribution in [1.29, 1.82) is 0 Å². The first-order valence-corrected chi connectivity index (χ1v) is 8.79. The third kappa shape index (κ3) is 3.45. The Morgan fingerprint density at radius 1 is 1.04 bits per heavy atom. The molecule has 1 amide bonds. The Kier molecular flexibility index (Phi) is 4.68. The number of amides is 1. The second-order valence-electron chi connectivity index (χ2n) is 6.27. The van der Waals surface area contributed by atoms with Gasteiger partial charge >= 0.3 is 0 Å². The molecule has 134 valence electrons. The Hall–Kier alpha value is -3.44. The van der Waals surface area contributed by atoms with E-state index in [2.05, 4.69) is 15.6 Å². The summed E-state index contributed by atoms with van der Waals surface area (Å²) >= 11 is 0. The molecule has 2 heterocycles. The van der Waals surface area contributed by atoms with E-state index in [0.717, 1.165) is 27.9 Å². The van der Waals surface area contributed by atoms with E-state index in [9.17, 15) is 9.90 Å². The number of carbonyl (C=O) groups excluding carboxylic acids is 1. The van der Waals surface area contributed by atoms with Gasteiger partial charge in [0.1, 0.15) is 5.82 Å². The Bertz CT molecular complexity index is 1010. The molecule has 0 aliphatic carbocycles. The van der Waals surface area contributed by atoms with Crippen LogP contribution in [0.15, 0.2) is 73.1 Å². The molecule has 1 aromatic heterocycles. The molecule has 1 aliphatic heterocycles. The fourth-order valence-electron chi connectivity index (χ4n) is 3.15. The summed E-state index contributed by atoms with van der Waals surface area (Å²) in [6.45, 7) is 0.0724. The maximum atomic E-state index is 12.4. The lowest BCUT2D eigenvalue weighted by Crippen LogP contribution is -2.06. The van der Waals surface area contributed by atoms with Crippen LogP contribution in [0.25, 0.3) is 16.7 Å². The van der Waals surface area contributed by atoms with Gasteiger partial charge < -0.3 is 15.7 Å². The number of benzene rings is 2. The molecule has 27 heavy (non-hydrogen) atoms. The minimum absolute atomic E-state index is 0.0724. The molecule has 1 aliphatic rings. The van der Waals surface area contributed by atoms with E-state index in [4.69, 9.17) is 0 Å². The van der Waals surface area contributed by atoms with Crippen LogP contribution in [0.3, 0.4) is 0 Å². The minimum atomic E-state index is -0.185. The van der Waals surface area contributed by atoms with Crippen molar-refractivity contribution in [3.05, 3.63) is 84.2 Å². The number of pyridine rings is 1. The second kappa shape index (κ2) is 7.43. The molecule has 0 saturated carbocycles. The van der Waals surface area contributed by atoms with Gasteiger partial charge in [-0.1, -0.05) is 48.5 Å². The minimum Gasteiger partial charge on any atom is -0.396 e. The summed E-state index contributed by atoms with van der Waals surface area (Å²) in [5.41, 5.74) is 5.17. The molecule has 0 bridgehead atoms. The molecule has 0 unspecified atom stereocenters. The standard InChI is InChI=1S/C22H19N3O2/c26-11-10-16-8-4-5-9-20(16)23-14-19-18-12-17(15-6-2-1-3-7-15)13-24-21(18)25-22(19)27/h1-9,12-14,23,26H,10-11H2,(H,24,25,27). The number of aliphatic hydroxyl groups excluding tert-OH is 1. The molecule has 0 atom stereocenters. The number of nitrogens with zero attached hydrogens (tertiary/aromatic N) is 1. The molecule has 5 nitrogen and oxygen atoms in total. The van der Waals surface area contributed by atoms with Crippen LogP contribution in [0.5, 0.6) is 0 Å². The van der Waals surface area contributed by atoms with Crippen LogP contribution >= 0.6 is 0 Å². The van der Waals surface area contributed by atoms with Crippen molar-refractivity contribution in [1.82, 2.24) is 4.98 Å². The molecule has 4 rings (SSSR count). The van der Waals surface area contributed by atoms with Gasteiger partial charge in [0.2, 0.25) is 0 Å². The smallest absolute Gasteiger partial charge is 0.259 e. The summed E-state index contributed by atoms with van der Waals surface area (Å²) in [6.07, 6.45) is 4.02. The SMILES string of the molecule is O=C1Nc2ncc(-c3ccccc3)cc2C1=CNc1ccccc1CCO. The van der Waals surface area contributed by atoms with Crippen LogP contribution in [0.4, 0.5) is 11.5 Å². The van der Waals surface area contributed by atoms with Crippen molar-refractivity contribution in [3.63, 3.8) is 0 Å². The van der Waals surface area contributed by atoms with Crippen LogP contribution in [0.1, 0.15) is 11.1 Å². The van der Waals surface area contributed by atoms with E-state index in [1.54, 1.807) is 12.4 Å². The Morgan fingerprint density at radius 2 is 1.81 bits per heavy atom. The van der Waals surface area contributed by atoms with E-state index in [1.165, 1.54) is 0 Å². The number of anilines is 2. The van der Waals surface area contributed by atoms with Gasteiger partial charge in [-0.15, -0.1) is 0 Å². The number of aromatic nitrogens is 1. The quantitative estimate of drug-likeness (QED) is 0.609. The van der Waals surface area contributed by atoms with Crippen molar-refractivity contribution in [2.24, 2.45) is 0 Å². The zero-order valence-electron chi connectivity index (χ0n) is 14.6. The fraction of sp³-hybridized carbons (Fsp3) is 0.0909. The first-order valence-electron chi connectivity index (χ1n) is 8.79. The Balaban J connectivity index is 1.68. The molecule has 0 spiro atoms. The van der Waals surface area contributed by atoms with Crippen LogP contribution in [0.2, 0.25) is 0 Å². The van der Waals surface area contributed by atoms with E-state index >= 15 is 0 Å². The topological polar surface area (TPSA) is 74.2 Å². The van der Waals surface area contributed by atoms with E-state index < -0.39 is 0 Å². The summed E-state index contributed by atoms with van der Waals surface area (Å²) in [7, 11) is 0. The van der Waals surface area contributed by atoms with Gasteiger partial charge in [0.05, 0.1) is 5.57 Å². The van der Waals surface area contributed by atoms with Crippen molar-refractivity contribution in [2.45, 2.75) is 6.42 Å². The third-order valence-corrected chi connectivity index (χ3v) is 4.53. The highest BCUT2D eigenvalue weighted by Gasteiger charge is 2.26. The second-order valence-corrected chi connectivity index (χ2v) is 6.27. The van der Waals surface area contributed by atoms with Crippen LogP contribution in [-0.2, 0) is 11.2 Å². The molecule has 5 heteroatoms. The largest absolute Gasteiger partial charge is 0.396 e. The van der Waals surface area contributed by atoms with Crippen LogP contribution in [-0.4, -0.2) is 22.6 Å². The highest BCUT2D eigenvalue weighted by atomic mass is 16.3. The number of nitrogens with one attached hydrogen (secondary N) is 2. The molecule has 3 aromatic rings. The predicted molar refractivity (Wildman–Crippen MR) is 107 cm³/mol. The number of hydrogen-bond donors (Lipinski definition) is 3. The number of carbonyl (C=O) groups is 1. The van der Waals surface area contributed by atoms with Crippen molar-refractivity contribution in [2.75, 3.05) is 17.2 Å². The number of aliphatic hydroxyl groups is 1. The number of hydrogen-bond acceptors (Lipinski definition) is 4. The van der Waals surface area contributed by atoms with Gasteiger partial charge in [-0.05, 0) is 29.7 Å². The highest BCUT2D eigenvalue weighted by molar-refractivity contribution is 6.31. The lowest BCUT2D eigenvalue weighted by atomic mass is 10.0. The average Bonchev–Trinajstić information content (AvgIpc) is 3.02. The van der Waals surface area contributed by atoms with E-state index in [1.807, 2.05) is 60.7 Å². The van der Waals surface area contributed by atoms with Crippen LogP contribution < -0.4 is 10.6 Å². The molecule has 3 N–H and O–H groups in total. The third-order valence-electron chi connectivity index (χ3n) is 4.53. The van der Waals surface area contributed by atoms with Crippen molar-refractivity contribution < 1.29 is 9.90 Å². The first kappa shape index (κ1) is 17.0. The molecular weight excluding hydrogens is 338 g/mol. The first-order chi connectivity index (χ1) is 13.3. The summed E-state index contributed by atoms with van der Waals surface area (Å²) in [6, 6.07) is 19.6. The van der Waals surface area contributed by atoms with Gasteiger partial charge in [-0.25, -0.2) is 4.98 Å². The maximum Gasteiger partial charge on any atom is 0.259 e. The van der Waals surface area contributed by atoms with Gasteiger partial charge in [0.25, 0.3) is 5.91 Å². The highest BCUT2D eigenvalue weighted by Crippen LogP contribution is 2.33. The Labute approximate surface area is 157 Å². The van der Waals surface area contributed by atoms with Crippen molar-refractivity contribution in [3.8, 4) is 11.1 Å². The van der Waals surface area contributed by atoms with Gasteiger partial charge in [-0.2, -0.15) is 0 Å². The summed E-state index contributed by atoms with van der Waals surface area (Å²) in [4.78, 5) is 16.8. The summed E-state index contributed by atoms with van der Waals surface area (Å²) in [5.74, 6) is 0.381. The zero-order valence-corrected chi connectivity index (χ0v) is 14.6. The summed E-state index contributed by atoms with van der Waals surface area (Å²) in [5, 5.41) is 15.2. The number of rotatable bonds is 5. The molecule has 0 fully saturated rings. The van der Waals surface area contributed by atoms with E-state index in [-0.39, 0.29) is 12.5 Å². The van der Waals surface area contributed by atoms with Crippen LogP contribution in [0, 0.1) is 0 Å². The number of fused-ring (bicyclic) bond motifs is 1. The van der Waals surface area contributed by atoms with Gasteiger partial charge in [0.15, 0.2) is 0 Å². The molecular formula is C22H19N3O2. The van der Waals surface area contributed by atoms with Gasteiger partial charge in [0, 0.05) is 35.8 Å². The molecule has 2 aromatic carbocycles. The maximum absolute atomic E-state index is 12.4. The predicted octanol–water partition coefficient (Wildman–Crippen LogP) is 3.69. The summed E-state index contributed by atoms with van der Waals surface area (Å²) < 4.78 is 0. The van der Waals surface area contributed by atoms with E-state index in [0.29, 0.717) is 17.8 Å². The monoisotopic (exact) mass is 357 g/mol. The lowest BCUT2D eigenvalue weighted by molar-refractivity contribution is -0.110.